The van der Waals surface area contributed by atoms with Crippen LogP contribution in [-0.2, 0) is 11.2 Å². The number of hydrogen-bond acceptors (Lipinski definition) is 3. The molecule has 0 bridgehead atoms. The molecule has 1 heterocycles. The van der Waals surface area contributed by atoms with E-state index in [-0.39, 0.29) is 12.0 Å². The Labute approximate surface area is 159 Å². The van der Waals surface area contributed by atoms with Crippen LogP contribution in [0.4, 0.5) is 13.2 Å². The Morgan fingerprint density at radius 2 is 1.86 bits per heavy atom. The first kappa shape index (κ1) is 19.1. The standard InChI is InChI=1S/C21H14F3N3O/c22-16-6-13(7-17(23)10-16)8-20(27-12-28)21-18(2-1-5-26-21)14-3-4-19(24)15(9-14)11-25/h1-7,9-10,12,20H,8H2,(H,27,28). The van der Waals surface area contributed by atoms with Crippen molar-refractivity contribution in [1.82, 2.24) is 10.3 Å². The molecular weight excluding hydrogens is 367 g/mol. The van der Waals surface area contributed by atoms with Gasteiger partial charge in [-0.15, -0.1) is 0 Å². The summed E-state index contributed by atoms with van der Waals surface area (Å²) < 4.78 is 40.7. The third-order valence-corrected chi connectivity index (χ3v) is 4.20. The van der Waals surface area contributed by atoms with Gasteiger partial charge in [0.25, 0.3) is 0 Å². The first-order valence-corrected chi connectivity index (χ1v) is 8.31. The summed E-state index contributed by atoms with van der Waals surface area (Å²) in [5, 5.41) is 11.7. The number of rotatable bonds is 6. The van der Waals surface area contributed by atoms with Gasteiger partial charge in [0.2, 0.25) is 6.41 Å². The highest BCUT2D eigenvalue weighted by Crippen LogP contribution is 2.30. The van der Waals surface area contributed by atoms with E-state index in [2.05, 4.69) is 10.3 Å². The molecule has 0 aliphatic rings. The SMILES string of the molecule is N#Cc1cc(-c2cccnc2C(Cc2cc(F)cc(F)c2)NC=O)ccc1F. The summed E-state index contributed by atoms with van der Waals surface area (Å²) in [6.45, 7) is 0. The molecule has 140 valence electrons. The van der Waals surface area contributed by atoms with E-state index >= 15 is 0 Å². The number of benzene rings is 2. The molecule has 0 radical (unpaired) electrons. The molecule has 1 aromatic heterocycles. The van der Waals surface area contributed by atoms with E-state index in [4.69, 9.17) is 5.26 Å². The highest BCUT2D eigenvalue weighted by atomic mass is 19.1. The maximum atomic E-state index is 13.7. The summed E-state index contributed by atoms with van der Waals surface area (Å²) in [7, 11) is 0. The van der Waals surface area contributed by atoms with Crippen molar-refractivity contribution in [2.24, 2.45) is 0 Å². The summed E-state index contributed by atoms with van der Waals surface area (Å²) in [4.78, 5) is 15.4. The number of nitrogens with zero attached hydrogens (tertiary/aromatic N) is 2. The van der Waals surface area contributed by atoms with Crippen molar-refractivity contribution >= 4 is 6.41 Å². The van der Waals surface area contributed by atoms with Crippen LogP contribution in [0.15, 0.2) is 54.7 Å². The van der Waals surface area contributed by atoms with Gasteiger partial charge in [-0.3, -0.25) is 9.78 Å². The second kappa shape index (κ2) is 8.35. The second-order valence-corrected chi connectivity index (χ2v) is 6.06. The predicted molar refractivity (Wildman–Crippen MR) is 96.3 cm³/mol. The van der Waals surface area contributed by atoms with Gasteiger partial charge in [-0.2, -0.15) is 5.26 Å². The molecule has 1 N–H and O–H groups in total. The number of pyridine rings is 1. The van der Waals surface area contributed by atoms with Crippen LogP contribution in [0.3, 0.4) is 0 Å². The zero-order chi connectivity index (χ0) is 20.1. The smallest absolute Gasteiger partial charge is 0.207 e. The van der Waals surface area contributed by atoms with E-state index in [1.165, 1.54) is 36.5 Å². The number of amides is 1. The molecule has 1 unspecified atom stereocenters. The lowest BCUT2D eigenvalue weighted by Crippen LogP contribution is -2.23. The monoisotopic (exact) mass is 381 g/mol. The van der Waals surface area contributed by atoms with E-state index in [0.29, 0.717) is 28.8 Å². The van der Waals surface area contributed by atoms with E-state index in [0.717, 1.165) is 6.07 Å². The van der Waals surface area contributed by atoms with Gasteiger partial charge in [-0.05, 0) is 47.9 Å². The van der Waals surface area contributed by atoms with E-state index in [1.807, 2.05) is 0 Å². The fourth-order valence-corrected chi connectivity index (χ4v) is 3.00. The van der Waals surface area contributed by atoms with Crippen molar-refractivity contribution in [2.45, 2.75) is 12.5 Å². The molecule has 28 heavy (non-hydrogen) atoms. The molecule has 4 nitrogen and oxygen atoms in total. The molecule has 1 atom stereocenters. The van der Waals surface area contributed by atoms with E-state index in [9.17, 15) is 18.0 Å². The predicted octanol–water partition coefficient (Wildman–Crippen LogP) is 4.07. The van der Waals surface area contributed by atoms with Crippen LogP contribution < -0.4 is 5.32 Å². The molecule has 0 aliphatic heterocycles. The van der Waals surface area contributed by atoms with Gasteiger partial charge in [0, 0.05) is 17.8 Å². The molecule has 1 amide bonds. The van der Waals surface area contributed by atoms with Crippen LogP contribution in [0.1, 0.15) is 22.9 Å². The maximum absolute atomic E-state index is 13.7. The molecule has 3 rings (SSSR count). The Bertz CT molecular complexity index is 1040. The van der Waals surface area contributed by atoms with E-state index < -0.39 is 23.5 Å². The zero-order valence-corrected chi connectivity index (χ0v) is 14.5. The topological polar surface area (TPSA) is 65.8 Å². The normalized spacial score (nSPS) is 11.5. The number of halogens is 3. The number of carbonyl (C=O) groups excluding carboxylic acids is 1. The molecule has 3 aromatic rings. The number of hydrogen-bond donors (Lipinski definition) is 1. The molecule has 0 saturated carbocycles. The first-order chi connectivity index (χ1) is 13.5. The van der Waals surface area contributed by atoms with Gasteiger partial charge in [-0.1, -0.05) is 12.1 Å². The van der Waals surface area contributed by atoms with Crippen LogP contribution in [0, 0.1) is 28.8 Å². The highest BCUT2D eigenvalue weighted by Gasteiger charge is 2.19. The van der Waals surface area contributed by atoms with Crippen LogP contribution in [0.2, 0.25) is 0 Å². The minimum Gasteiger partial charge on any atom is -0.350 e. The molecule has 0 fully saturated rings. The number of carbonyl (C=O) groups is 1. The molecule has 0 saturated heterocycles. The largest absolute Gasteiger partial charge is 0.350 e. The zero-order valence-electron chi connectivity index (χ0n) is 14.5. The van der Waals surface area contributed by atoms with Gasteiger partial charge in [0.15, 0.2) is 0 Å². The Kier molecular flexibility index (Phi) is 5.70. The minimum absolute atomic E-state index is 0.0870. The molecule has 2 aromatic carbocycles. The molecular formula is C21H14F3N3O. The van der Waals surface area contributed by atoms with Crippen LogP contribution in [0.5, 0.6) is 0 Å². The third-order valence-electron chi connectivity index (χ3n) is 4.20. The van der Waals surface area contributed by atoms with Crippen molar-refractivity contribution in [3.63, 3.8) is 0 Å². The average Bonchev–Trinajstić information content (AvgIpc) is 2.67. The van der Waals surface area contributed by atoms with Crippen molar-refractivity contribution < 1.29 is 18.0 Å². The van der Waals surface area contributed by atoms with Crippen molar-refractivity contribution in [3.05, 3.63) is 89.0 Å². The average molecular weight is 381 g/mol. The van der Waals surface area contributed by atoms with Crippen molar-refractivity contribution in [1.29, 1.82) is 5.26 Å². The van der Waals surface area contributed by atoms with Gasteiger partial charge >= 0.3 is 0 Å². The summed E-state index contributed by atoms with van der Waals surface area (Å²) >= 11 is 0. The van der Waals surface area contributed by atoms with Crippen molar-refractivity contribution in [2.75, 3.05) is 0 Å². The molecule has 0 spiro atoms. The minimum atomic E-state index is -0.724. The lowest BCUT2D eigenvalue weighted by atomic mass is 9.95. The second-order valence-electron chi connectivity index (χ2n) is 6.06. The lowest BCUT2D eigenvalue weighted by Gasteiger charge is -2.19. The quantitative estimate of drug-likeness (QED) is 0.655. The summed E-state index contributed by atoms with van der Waals surface area (Å²) in [6.07, 6.45) is 2.08. The highest BCUT2D eigenvalue weighted by molar-refractivity contribution is 5.68. The number of nitriles is 1. The number of nitrogens with one attached hydrogen (secondary N) is 1. The van der Waals surface area contributed by atoms with Crippen molar-refractivity contribution in [3.8, 4) is 17.2 Å². The summed E-state index contributed by atoms with van der Waals surface area (Å²) in [5.74, 6) is -2.09. The van der Waals surface area contributed by atoms with Crippen LogP contribution >= 0.6 is 0 Å². The van der Waals surface area contributed by atoms with E-state index in [1.54, 1.807) is 18.2 Å². The lowest BCUT2D eigenvalue weighted by molar-refractivity contribution is -0.110. The first-order valence-electron chi connectivity index (χ1n) is 8.31. The van der Waals surface area contributed by atoms with Crippen LogP contribution in [0.25, 0.3) is 11.1 Å². The summed E-state index contributed by atoms with van der Waals surface area (Å²) in [6, 6.07) is 11.6. The third kappa shape index (κ3) is 4.18. The summed E-state index contributed by atoms with van der Waals surface area (Å²) in [5.41, 5.74) is 1.74. The van der Waals surface area contributed by atoms with Gasteiger partial charge in [-0.25, -0.2) is 13.2 Å². The fraction of sp³-hybridized carbons (Fsp3) is 0.0952. The maximum Gasteiger partial charge on any atom is 0.207 e. The van der Waals surface area contributed by atoms with Gasteiger partial charge < -0.3 is 5.32 Å². The van der Waals surface area contributed by atoms with Crippen LogP contribution in [-0.4, -0.2) is 11.4 Å². The number of aromatic nitrogens is 1. The van der Waals surface area contributed by atoms with Gasteiger partial charge in [0.1, 0.15) is 23.5 Å². The fourth-order valence-electron chi connectivity index (χ4n) is 3.00. The Morgan fingerprint density at radius 1 is 1.11 bits per heavy atom. The Morgan fingerprint density at radius 3 is 2.54 bits per heavy atom. The molecule has 0 aliphatic carbocycles. The Balaban J connectivity index is 2.05. The molecule has 7 heteroatoms. The Hall–Kier alpha value is -3.66. The van der Waals surface area contributed by atoms with Gasteiger partial charge in [0.05, 0.1) is 17.3 Å².